The van der Waals surface area contributed by atoms with E-state index in [0.717, 1.165) is 23.1 Å². The summed E-state index contributed by atoms with van der Waals surface area (Å²) in [6.45, 7) is 6.27. The van der Waals surface area contributed by atoms with Gasteiger partial charge in [0.05, 0.1) is 0 Å². The van der Waals surface area contributed by atoms with Gasteiger partial charge in [-0.15, -0.1) is 11.3 Å². The number of amides is 2. The SMILES string of the molecule is Cc1cc(C)cc(C(=O)NCC(=O)OC(C)C(=O)N2CCc3sccc3C2)c1. The molecule has 28 heavy (non-hydrogen) atoms. The summed E-state index contributed by atoms with van der Waals surface area (Å²) < 4.78 is 5.23. The van der Waals surface area contributed by atoms with Crippen LogP contribution in [0.25, 0.3) is 0 Å². The lowest BCUT2D eigenvalue weighted by Crippen LogP contribution is -2.43. The van der Waals surface area contributed by atoms with Crippen molar-refractivity contribution in [3.05, 3.63) is 56.8 Å². The number of aryl methyl sites for hydroxylation is 2. The zero-order valence-corrected chi connectivity index (χ0v) is 17.1. The summed E-state index contributed by atoms with van der Waals surface area (Å²) in [6.07, 6.45) is -0.0587. The molecule has 0 fully saturated rings. The fraction of sp³-hybridized carbons (Fsp3) is 0.381. The molecule has 0 aliphatic carbocycles. The van der Waals surface area contributed by atoms with Crippen molar-refractivity contribution in [2.45, 2.75) is 39.8 Å². The molecular weight excluding hydrogens is 376 g/mol. The molecule has 2 heterocycles. The van der Waals surface area contributed by atoms with Crippen LogP contribution in [0.5, 0.6) is 0 Å². The summed E-state index contributed by atoms with van der Waals surface area (Å²) in [6, 6.07) is 7.51. The van der Waals surface area contributed by atoms with Crippen LogP contribution in [-0.2, 0) is 27.3 Å². The molecule has 7 heteroatoms. The van der Waals surface area contributed by atoms with E-state index in [1.54, 1.807) is 35.3 Å². The zero-order valence-electron chi connectivity index (χ0n) is 16.3. The van der Waals surface area contributed by atoms with E-state index in [0.29, 0.717) is 18.7 Å². The number of rotatable bonds is 5. The number of hydrogen-bond acceptors (Lipinski definition) is 5. The Hall–Kier alpha value is -2.67. The Kier molecular flexibility index (Phi) is 6.14. The molecule has 0 radical (unpaired) electrons. The van der Waals surface area contributed by atoms with Gasteiger partial charge in [-0.05, 0) is 56.3 Å². The third-order valence-electron chi connectivity index (χ3n) is 4.65. The monoisotopic (exact) mass is 400 g/mol. The quantitative estimate of drug-likeness (QED) is 0.783. The summed E-state index contributed by atoms with van der Waals surface area (Å²) in [5.74, 6) is -1.19. The molecule has 0 saturated carbocycles. The average Bonchev–Trinajstić information content (AvgIpc) is 3.12. The third kappa shape index (κ3) is 4.78. The normalized spacial score (nSPS) is 14.2. The van der Waals surface area contributed by atoms with Crippen LogP contribution >= 0.6 is 11.3 Å². The number of carbonyl (C=O) groups excluding carboxylic acids is 3. The maximum atomic E-state index is 12.6. The number of benzene rings is 1. The van der Waals surface area contributed by atoms with E-state index < -0.39 is 12.1 Å². The Morgan fingerprint density at radius 2 is 1.93 bits per heavy atom. The van der Waals surface area contributed by atoms with Crippen LogP contribution in [0.1, 0.15) is 38.8 Å². The maximum Gasteiger partial charge on any atom is 0.326 e. The van der Waals surface area contributed by atoms with Crippen LogP contribution in [0.2, 0.25) is 0 Å². The van der Waals surface area contributed by atoms with Gasteiger partial charge in [0.2, 0.25) is 0 Å². The van der Waals surface area contributed by atoms with Gasteiger partial charge in [-0.2, -0.15) is 0 Å². The Balaban J connectivity index is 1.49. The smallest absolute Gasteiger partial charge is 0.326 e. The number of hydrogen-bond donors (Lipinski definition) is 1. The van der Waals surface area contributed by atoms with Crippen LogP contribution in [0, 0.1) is 13.8 Å². The van der Waals surface area contributed by atoms with Crippen LogP contribution in [0.15, 0.2) is 29.6 Å². The molecule has 1 aromatic carbocycles. The molecule has 1 aliphatic heterocycles. The first kappa shape index (κ1) is 20.1. The molecule has 3 rings (SSSR count). The second kappa shape index (κ2) is 8.56. The van der Waals surface area contributed by atoms with E-state index in [1.807, 2.05) is 31.4 Å². The molecule has 1 atom stereocenters. The minimum Gasteiger partial charge on any atom is -0.451 e. The first-order valence-corrected chi connectivity index (χ1v) is 10.1. The van der Waals surface area contributed by atoms with E-state index in [1.165, 1.54) is 4.88 Å². The maximum absolute atomic E-state index is 12.6. The van der Waals surface area contributed by atoms with Gasteiger partial charge in [-0.3, -0.25) is 14.4 Å². The molecular formula is C21H24N2O4S. The van der Waals surface area contributed by atoms with Crippen LogP contribution in [0.3, 0.4) is 0 Å². The highest BCUT2D eigenvalue weighted by molar-refractivity contribution is 7.10. The Labute approximate surface area is 168 Å². The van der Waals surface area contributed by atoms with E-state index in [4.69, 9.17) is 4.74 Å². The Morgan fingerprint density at radius 1 is 1.21 bits per heavy atom. The average molecular weight is 401 g/mol. The zero-order chi connectivity index (χ0) is 20.3. The third-order valence-corrected chi connectivity index (χ3v) is 5.68. The minimum atomic E-state index is -0.884. The highest BCUT2D eigenvalue weighted by Gasteiger charge is 2.27. The topological polar surface area (TPSA) is 75.7 Å². The molecule has 148 valence electrons. The van der Waals surface area contributed by atoms with Gasteiger partial charge in [-0.1, -0.05) is 17.2 Å². The fourth-order valence-electron chi connectivity index (χ4n) is 3.34. The highest BCUT2D eigenvalue weighted by Crippen LogP contribution is 2.24. The predicted molar refractivity (Wildman–Crippen MR) is 107 cm³/mol. The molecule has 1 unspecified atom stereocenters. The van der Waals surface area contributed by atoms with Gasteiger partial charge in [-0.25, -0.2) is 0 Å². The first-order valence-electron chi connectivity index (χ1n) is 9.23. The van der Waals surface area contributed by atoms with Crippen molar-refractivity contribution in [3.8, 4) is 0 Å². The molecule has 2 aromatic rings. The van der Waals surface area contributed by atoms with E-state index >= 15 is 0 Å². The summed E-state index contributed by atoms with van der Waals surface area (Å²) in [7, 11) is 0. The van der Waals surface area contributed by atoms with Gasteiger partial charge < -0.3 is 15.0 Å². The number of ether oxygens (including phenoxy) is 1. The number of carbonyl (C=O) groups is 3. The van der Waals surface area contributed by atoms with Crippen molar-refractivity contribution in [2.75, 3.05) is 13.1 Å². The Morgan fingerprint density at radius 3 is 2.64 bits per heavy atom. The first-order chi connectivity index (χ1) is 13.3. The Bertz CT molecular complexity index is 885. The fourth-order valence-corrected chi connectivity index (χ4v) is 4.23. The lowest BCUT2D eigenvalue weighted by atomic mass is 10.1. The molecule has 1 aliphatic rings. The largest absolute Gasteiger partial charge is 0.451 e. The van der Waals surface area contributed by atoms with Gasteiger partial charge in [0.1, 0.15) is 6.54 Å². The summed E-state index contributed by atoms with van der Waals surface area (Å²) in [5.41, 5.74) is 3.60. The molecule has 6 nitrogen and oxygen atoms in total. The highest BCUT2D eigenvalue weighted by atomic mass is 32.1. The summed E-state index contributed by atoms with van der Waals surface area (Å²) in [5, 5.41) is 4.58. The van der Waals surface area contributed by atoms with Gasteiger partial charge in [0.25, 0.3) is 11.8 Å². The second-order valence-electron chi connectivity index (χ2n) is 7.07. The molecule has 0 saturated heterocycles. The van der Waals surface area contributed by atoms with Crippen molar-refractivity contribution in [2.24, 2.45) is 0 Å². The number of nitrogens with zero attached hydrogens (tertiary/aromatic N) is 1. The van der Waals surface area contributed by atoms with Crippen LogP contribution < -0.4 is 5.32 Å². The lowest BCUT2D eigenvalue weighted by molar-refractivity contribution is -0.158. The van der Waals surface area contributed by atoms with Gasteiger partial charge in [0, 0.05) is 23.5 Å². The number of nitrogens with one attached hydrogen (secondary N) is 1. The van der Waals surface area contributed by atoms with Crippen LogP contribution in [-0.4, -0.2) is 41.9 Å². The molecule has 2 amide bonds. The van der Waals surface area contributed by atoms with Crippen molar-refractivity contribution in [1.29, 1.82) is 0 Å². The van der Waals surface area contributed by atoms with Crippen molar-refractivity contribution < 1.29 is 19.1 Å². The van der Waals surface area contributed by atoms with Crippen molar-refractivity contribution in [3.63, 3.8) is 0 Å². The number of esters is 1. The standard InChI is InChI=1S/C21H24N2O4S/c1-13-8-14(2)10-17(9-13)20(25)22-11-19(24)27-15(3)21(26)23-6-4-18-16(12-23)5-7-28-18/h5,7-10,15H,4,6,11-12H2,1-3H3,(H,22,25). The van der Waals surface area contributed by atoms with Gasteiger partial charge in [0.15, 0.2) is 6.10 Å². The second-order valence-corrected chi connectivity index (χ2v) is 8.07. The van der Waals surface area contributed by atoms with E-state index in [9.17, 15) is 14.4 Å². The molecule has 1 N–H and O–H groups in total. The van der Waals surface area contributed by atoms with E-state index in [-0.39, 0.29) is 18.4 Å². The van der Waals surface area contributed by atoms with E-state index in [2.05, 4.69) is 5.32 Å². The van der Waals surface area contributed by atoms with Crippen molar-refractivity contribution in [1.82, 2.24) is 10.2 Å². The number of fused-ring (bicyclic) bond motifs is 1. The predicted octanol–water partition coefficient (Wildman–Crippen LogP) is 2.61. The molecule has 0 bridgehead atoms. The molecule has 0 spiro atoms. The van der Waals surface area contributed by atoms with Crippen LogP contribution in [0.4, 0.5) is 0 Å². The lowest BCUT2D eigenvalue weighted by Gasteiger charge is -2.29. The summed E-state index contributed by atoms with van der Waals surface area (Å²) in [4.78, 5) is 39.9. The van der Waals surface area contributed by atoms with Gasteiger partial charge >= 0.3 is 5.97 Å². The summed E-state index contributed by atoms with van der Waals surface area (Å²) >= 11 is 1.70. The van der Waals surface area contributed by atoms with Crippen molar-refractivity contribution >= 4 is 29.1 Å². The molecule has 1 aromatic heterocycles. The minimum absolute atomic E-state index is 0.217. The number of thiophene rings is 1.